The lowest BCUT2D eigenvalue weighted by molar-refractivity contribution is 0.0603. The van der Waals surface area contributed by atoms with Crippen LogP contribution in [0.1, 0.15) is 59.1 Å². The SMILES string of the molecule is COC(=O)c1c(NC(=S)NC(C)c2ccc(C(C)C)cc2)sc(C)c1-c1ccccc1. The van der Waals surface area contributed by atoms with Crippen LogP contribution in [0.2, 0.25) is 0 Å². The lowest BCUT2D eigenvalue weighted by Gasteiger charge is -2.18. The topological polar surface area (TPSA) is 50.4 Å². The summed E-state index contributed by atoms with van der Waals surface area (Å²) >= 11 is 7.06. The molecule has 0 radical (unpaired) electrons. The van der Waals surface area contributed by atoms with E-state index in [1.54, 1.807) is 0 Å². The average Bonchev–Trinajstić information content (AvgIpc) is 3.09. The van der Waals surface area contributed by atoms with Crippen LogP contribution in [0.3, 0.4) is 0 Å². The maximum atomic E-state index is 12.6. The minimum atomic E-state index is -0.383. The third kappa shape index (κ3) is 5.32. The van der Waals surface area contributed by atoms with Crippen molar-refractivity contribution in [3.8, 4) is 11.1 Å². The number of aryl methyl sites for hydroxylation is 1. The molecule has 0 aliphatic heterocycles. The number of carbonyl (C=O) groups is 1. The highest BCUT2D eigenvalue weighted by Crippen LogP contribution is 2.40. The number of anilines is 1. The van der Waals surface area contributed by atoms with Crippen LogP contribution in [0.4, 0.5) is 5.00 Å². The number of rotatable bonds is 6. The van der Waals surface area contributed by atoms with Crippen molar-refractivity contribution in [1.29, 1.82) is 0 Å². The summed E-state index contributed by atoms with van der Waals surface area (Å²) in [6.45, 7) is 8.43. The predicted octanol–water partition coefficient (Wildman–Crippen LogP) is 6.68. The summed E-state index contributed by atoms with van der Waals surface area (Å²) in [5.41, 5.74) is 4.81. The first-order valence-corrected chi connectivity index (χ1v) is 11.5. The predicted molar refractivity (Wildman–Crippen MR) is 134 cm³/mol. The zero-order valence-corrected chi connectivity index (χ0v) is 20.1. The van der Waals surface area contributed by atoms with Gasteiger partial charge in [0.1, 0.15) is 10.6 Å². The van der Waals surface area contributed by atoms with Crippen LogP contribution in [-0.4, -0.2) is 18.2 Å². The fourth-order valence-corrected chi connectivity index (χ4v) is 4.88. The normalized spacial score (nSPS) is 11.8. The number of hydrogen-bond donors (Lipinski definition) is 2. The van der Waals surface area contributed by atoms with Gasteiger partial charge in [-0.3, -0.25) is 0 Å². The molecule has 0 fully saturated rings. The Morgan fingerprint density at radius 2 is 1.61 bits per heavy atom. The highest BCUT2D eigenvalue weighted by atomic mass is 32.1. The highest BCUT2D eigenvalue weighted by Gasteiger charge is 2.24. The van der Waals surface area contributed by atoms with Gasteiger partial charge < -0.3 is 15.4 Å². The fraction of sp³-hybridized carbons (Fsp3) is 0.280. The lowest BCUT2D eigenvalue weighted by atomic mass is 10.00. The Balaban J connectivity index is 1.81. The number of esters is 1. The average molecular weight is 453 g/mol. The number of methoxy groups -OCH3 is 1. The summed E-state index contributed by atoms with van der Waals surface area (Å²) < 4.78 is 5.08. The van der Waals surface area contributed by atoms with Crippen molar-refractivity contribution in [1.82, 2.24) is 5.32 Å². The van der Waals surface area contributed by atoms with Gasteiger partial charge in [-0.25, -0.2) is 4.79 Å². The van der Waals surface area contributed by atoms with Crippen molar-refractivity contribution < 1.29 is 9.53 Å². The van der Waals surface area contributed by atoms with Crippen LogP contribution in [0, 0.1) is 6.92 Å². The maximum absolute atomic E-state index is 12.6. The molecular weight excluding hydrogens is 424 g/mol. The molecule has 2 aromatic carbocycles. The van der Waals surface area contributed by atoms with Gasteiger partial charge in [-0.1, -0.05) is 68.4 Å². The number of thiocarbonyl (C=S) groups is 1. The van der Waals surface area contributed by atoms with Crippen LogP contribution >= 0.6 is 23.6 Å². The lowest BCUT2D eigenvalue weighted by Crippen LogP contribution is -2.31. The van der Waals surface area contributed by atoms with Gasteiger partial charge in [0.05, 0.1) is 13.2 Å². The Morgan fingerprint density at radius 3 is 2.19 bits per heavy atom. The van der Waals surface area contributed by atoms with Crippen molar-refractivity contribution in [3.05, 3.63) is 76.2 Å². The quantitative estimate of drug-likeness (QED) is 0.323. The summed E-state index contributed by atoms with van der Waals surface area (Å²) in [5, 5.41) is 7.69. The second-order valence-electron chi connectivity index (χ2n) is 7.74. The molecule has 2 N–H and O–H groups in total. The van der Waals surface area contributed by atoms with E-state index in [0.29, 0.717) is 21.6 Å². The van der Waals surface area contributed by atoms with Crippen LogP contribution in [0.15, 0.2) is 54.6 Å². The van der Waals surface area contributed by atoms with Gasteiger partial charge in [-0.05, 0) is 48.7 Å². The van der Waals surface area contributed by atoms with Gasteiger partial charge in [-0.2, -0.15) is 0 Å². The second kappa shape index (κ2) is 10.1. The van der Waals surface area contributed by atoms with Crippen molar-refractivity contribution in [2.75, 3.05) is 12.4 Å². The van der Waals surface area contributed by atoms with Crippen molar-refractivity contribution in [2.24, 2.45) is 0 Å². The van der Waals surface area contributed by atoms with Crippen LogP contribution in [0.5, 0.6) is 0 Å². The number of thiophene rings is 1. The van der Waals surface area contributed by atoms with E-state index in [1.165, 1.54) is 24.0 Å². The Bertz CT molecular complexity index is 1060. The van der Waals surface area contributed by atoms with Gasteiger partial charge in [0.25, 0.3) is 0 Å². The maximum Gasteiger partial charge on any atom is 0.341 e. The first-order valence-electron chi connectivity index (χ1n) is 10.3. The van der Waals surface area contributed by atoms with E-state index in [1.807, 2.05) is 37.3 Å². The van der Waals surface area contributed by atoms with E-state index in [0.717, 1.165) is 21.6 Å². The molecular formula is C25H28N2O2S2. The Hall–Kier alpha value is -2.70. The van der Waals surface area contributed by atoms with Gasteiger partial charge in [0, 0.05) is 10.4 Å². The molecule has 1 aromatic heterocycles. The zero-order chi connectivity index (χ0) is 22.5. The molecule has 3 aromatic rings. The van der Waals surface area contributed by atoms with Gasteiger partial charge >= 0.3 is 5.97 Å². The molecule has 0 saturated carbocycles. The molecule has 31 heavy (non-hydrogen) atoms. The Morgan fingerprint density at radius 1 is 1.00 bits per heavy atom. The largest absolute Gasteiger partial charge is 0.465 e. The van der Waals surface area contributed by atoms with E-state index in [-0.39, 0.29) is 12.0 Å². The molecule has 0 aliphatic carbocycles. The van der Waals surface area contributed by atoms with E-state index in [9.17, 15) is 4.79 Å². The number of benzene rings is 2. The monoisotopic (exact) mass is 452 g/mol. The first kappa shape index (κ1) is 23.0. The van der Waals surface area contributed by atoms with Crippen molar-refractivity contribution >= 4 is 39.6 Å². The van der Waals surface area contributed by atoms with Crippen LogP contribution < -0.4 is 10.6 Å². The molecule has 0 aliphatic rings. The van der Waals surface area contributed by atoms with E-state index < -0.39 is 0 Å². The third-order valence-corrected chi connectivity index (χ3v) is 6.45. The Labute approximate surface area is 193 Å². The molecule has 0 saturated heterocycles. The zero-order valence-electron chi connectivity index (χ0n) is 18.5. The van der Waals surface area contributed by atoms with Crippen molar-refractivity contribution in [2.45, 2.75) is 39.7 Å². The molecule has 1 unspecified atom stereocenters. The molecule has 0 bridgehead atoms. The van der Waals surface area contributed by atoms with Gasteiger partial charge in [0.2, 0.25) is 0 Å². The molecule has 0 amide bonds. The molecule has 3 rings (SSSR count). The molecule has 1 atom stereocenters. The smallest absolute Gasteiger partial charge is 0.341 e. The molecule has 0 spiro atoms. The highest BCUT2D eigenvalue weighted by molar-refractivity contribution is 7.80. The Kier molecular flexibility index (Phi) is 7.46. The number of nitrogens with one attached hydrogen (secondary N) is 2. The fourth-order valence-electron chi connectivity index (χ4n) is 3.47. The second-order valence-corrected chi connectivity index (χ2v) is 9.37. The molecule has 162 valence electrons. The van der Waals surface area contributed by atoms with E-state index in [2.05, 4.69) is 55.7 Å². The molecule has 4 nitrogen and oxygen atoms in total. The molecule has 1 heterocycles. The summed E-state index contributed by atoms with van der Waals surface area (Å²) in [4.78, 5) is 13.7. The minimum Gasteiger partial charge on any atom is -0.465 e. The standard InChI is InChI=1S/C25H28N2O2S2/c1-15(2)18-11-13-19(14-12-18)16(3)26-25(30)27-23-22(24(28)29-5)21(17(4)31-23)20-9-7-6-8-10-20/h6-16H,1-5H3,(H2,26,27,30). The summed E-state index contributed by atoms with van der Waals surface area (Å²) in [5.74, 6) is 0.114. The van der Waals surface area contributed by atoms with Gasteiger partial charge in [0.15, 0.2) is 5.11 Å². The number of hydrogen-bond acceptors (Lipinski definition) is 4. The molecule has 6 heteroatoms. The minimum absolute atomic E-state index is 0.0254. The number of ether oxygens (including phenoxy) is 1. The number of carbonyl (C=O) groups excluding carboxylic acids is 1. The summed E-state index contributed by atoms with van der Waals surface area (Å²) in [6, 6.07) is 18.4. The summed E-state index contributed by atoms with van der Waals surface area (Å²) in [6.07, 6.45) is 0. The van der Waals surface area contributed by atoms with Crippen LogP contribution in [-0.2, 0) is 4.74 Å². The first-order chi connectivity index (χ1) is 14.8. The van der Waals surface area contributed by atoms with E-state index in [4.69, 9.17) is 17.0 Å². The van der Waals surface area contributed by atoms with Crippen LogP contribution in [0.25, 0.3) is 11.1 Å². The summed E-state index contributed by atoms with van der Waals surface area (Å²) in [7, 11) is 1.40. The van der Waals surface area contributed by atoms with E-state index >= 15 is 0 Å². The van der Waals surface area contributed by atoms with Crippen molar-refractivity contribution in [3.63, 3.8) is 0 Å². The van der Waals surface area contributed by atoms with Gasteiger partial charge in [-0.15, -0.1) is 11.3 Å². The third-order valence-electron chi connectivity index (χ3n) is 5.21.